The van der Waals surface area contributed by atoms with Crippen molar-refractivity contribution in [2.24, 2.45) is 0 Å². The van der Waals surface area contributed by atoms with Crippen molar-refractivity contribution in [3.05, 3.63) is 33.8 Å². The number of likely N-dealkylation sites (tertiary alicyclic amines) is 1. The summed E-state index contributed by atoms with van der Waals surface area (Å²) >= 11 is 11.7. The summed E-state index contributed by atoms with van der Waals surface area (Å²) in [5.41, 5.74) is 0.583. The average molecular weight is 304 g/mol. The van der Waals surface area contributed by atoms with Gasteiger partial charge in [-0.2, -0.15) is 0 Å². The zero-order chi connectivity index (χ0) is 14.2. The SMILES string of the molecule is CC1CCC(C(O)c2ccc(Cl)c(Cl)c2)N1C(=O)O. The molecule has 0 aliphatic carbocycles. The van der Waals surface area contributed by atoms with E-state index >= 15 is 0 Å². The van der Waals surface area contributed by atoms with Crippen LogP contribution in [0.25, 0.3) is 0 Å². The molecule has 2 N–H and O–H groups in total. The number of aliphatic hydroxyl groups is 1. The van der Waals surface area contributed by atoms with Gasteiger partial charge in [-0.1, -0.05) is 29.3 Å². The number of carbonyl (C=O) groups is 1. The van der Waals surface area contributed by atoms with Crippen LogP contribution >= 0.6 is 23.2 Å². The van der Waals surface area contributed by atoms with Crippen molar-refractivity contribution in [2.45, 2.75) is 38.0 Å². The predicted octanol–water partition coefficient (Wildman–Crippen LogP) is 3.56. The standard InChI is InChI=1S/C13H15Cl2NO3/c1-7-2-5-11(16(7)13(18)19)12(17)8-3-4-9(14)10(15)6-8/h3-4,6-7,11-12,17H,2,5H2,1H3,(H,18,19). The molecular weight excluding hydrogens is 289 g/mol. The molecule has 0 saturated carbocycles. The Morgan fingerprint density at radius 1 is 1.37 bits per heavy atom. The summed E-state index contributed by atoms with van der Waals surface area (Å²) in [6.45, 7) is 1.84. The smallest absolute Gasteiger partial charge is 0.407 e. The van der Waals surface area contributed by atoms with Gasteiger partial charge in [0.2, 0.25) is 0 Å². The number of nitrogens with zero attached hydrogens (tertiary/aromatic N) is 1. The highest BCUT2D eigenvalue weighted by atomic mass is 35.5. The zero-order valence-electron chi connectivity index (χ0n) is 10.4. The Morgan fingerprint density at radius 2 is 2.05 bits per heavy atom. The fourth-order valence-electron chi connectivity index (χ4n) is 2.58. The molecule has 1 aliphatic rings. The van der Waals surface area contributed by atoms with Gasteiger partial charge in [0, 0.05) is 6.04 Å². The molecule has 6 heteroatoms. The van der Waals surface area contributed by atoms with E-state index in [1.54, 1.807) is 18.2 Å². The lowest BCUT2D eigenvalue weighted by molar-refractivity contribution is 0.0565. The lowest BCUT2D eigenvalue weighted by atomic mass is 10.0. The molecule has 3 atom stereocenters. The van der Waals surface area contributed by atoms with Gasteiger partial charge in [0.05, 0.1) is 22.2 Å². The van der Waals surface area contributed by atoms with E-state index in [1.165, 1.54) is 4.90 Å². The normalized spacial score (nSPS) is 24.5. The van der Waals surface area contributed by atoms with Gasteiger partial charge >= 0.3 is 6.09 Å². The van der Waals surface area contributed by atoms with Crippen LogP contribution in [0.2, 0.25) is 10.0 Å². The first-order chi connectivity index (χ1) is 8.91. The van der Waals surface area contributed by atoms with Crippen molar-refractivity contribution in [1.82, 2.24) is 4.90 Å². The molecule has 1 amide bonds. The van der Waals surface area contributed by atoms with Crippen molar-refractivity contribution < 1.29 is 15.0 Å². The van der Waals surface area contributed by atoms with E-state index in [1.807, 2.05) is 6.92 Å². The summed E-state index contributed by atoms with van der Waals surface area (Å²) in [4.78, 5) is 12.6. The third-order valence-corrected chi connectivity index (χ3v) is 4.32. The van der Waals surface area contributed by atoms with E-state index in [4.69, 9.17) is 23.2 Å². The molecule has 0 aromatic heterocycles. The first-order valence-electron chi connectivity index (χ1n) is 6.06. The van der Waals surface area contributed by atoms with E-state index in [2.05, 4.69) is 0 Å². The van der Waals surface area contributed by atoms with Crippen LogP contribution in [-0.4, -0.2) is 33.3 Å². The van der Waals surface area contributed by atoms with E-state index in [0.717, 1.165) is 6.42 Å². The summed E-state index contributed by atoms with van der Waals surface area (Å²) in [5, 5.41) is 20.3. The number of amides is 1. The van der Waals surface area contributed by atoms with Gasteiger partial charge in [0.1, 0.15) is 0 Å². The lowest BCUT2D eigenvalue weighted by Crippen LogP contribution is -2.42. The zero-order valence-corrected chi connectivity index (χ0v) is 11.9. The number of halogens is 2. The Bertz CT molecular complexity index is 495. The number of hydrogen-bond donors (Lipinski definition) is 2. The van der Waals surface area contributed by atoms with Crippen LogP contribution in [0.3, 0.4) is 0 Å². The topological polar surface area (TPSA) is 60.8 Å². The third-order valence-electron chi connectivity index (χ3n) is 3.58. The molecule has 1 aromatic carbocycles. The monoisotopic (exact) mass is 303 g/mol. The minimum Gasteiger partial charge on any atom is -0.465 e. The number of carboxylic acid groups (broad SMARTS) is 1. The highest BCUT2D eigenvalue weighted by Crippen LogP contribution is 2.35. The Hall–Kier alpha value is -0.970. The minimum atomic E-state index is -1.01. The molecule has 1 fully saturated rings. The van der Waals surface area contributed by atoms with E-state index in [0.29, 0.717) is 22.0 Å². The van der Waals surface area contributed by atoms with Crippen molar-refractivity contribution in [2.75, 3.05) is 0 Å². The molecule has 2 rings (SSSR count). The average Bonchev–Trinajstić information content (AvgIpc) is 2.74. The highest BCUT2D eigenvalue weighted by molar-refractivity contribution is 6.42. The second-order valence-corrected chi connectivity index (χ2v) is 5.62. The van der Waals surface area contributed by atoms with Crippen LogP contribution in [0.1, 0.15) is 31.4 Å². The van der Waals surface area contributed by atoms with Crippen LogP contribution in [0, 0.1) is 0 Å². The first kappa shape index (κ1) is 14.4. The van der Waals surface area contributed by atoms with Crippen LogP contribution in [0.4, 0.5) is 4.79 Å². The minimum absolute atomic E-state index is 0.0834. The molecule has 0 spiro atoms. The molecule has 1 aromatic rings. The Labute approximate surface area is 121 Å². The van der Waals surface area contributed by atoms with Crippen LogP contribution < -0.4 is 0 Å². The molecule has 3 unspecified atom stereocenters. The highest BCUT2D eigenvalue weighted by Gasteiger charge is 2.39. The molecule has 0 radical (unpaired) electrons. The van der Waals surface area contributed by atoms with Crippen molar-refractivity contribution in [3.8, 4) is 0 Å². The Balaban J connectivity index is 2.25. The van der Waals surface area contributed by atoms with Gasteiger partial charge in [0.15, 0.2) is 0 Å². The Kier molecular flexibility index (Phi) is 4.23. The molecule has 1 saturated heterocycles. The second kappa shape index (κ2) is 5.57. The van der Waals surface area contributed by atoms with Crippen LogP contribution in [0.15, 0.2) is 18.2 Å². The van der Waals surface area contributed by atoms with E-state index in [-0.39, 0.29) is 6.04 Å². The molecule has 104 valence electrons. The van der Waals surface area contributed by atoms with E-state index in [9.17, 15) is 15.0 Å². The largest absolute Gasteiger partial charge is 0.465 e. The van der Waals surface area contributed by atoms with Crippen molar-refractivity contribution in [3.63, 3.8) is 0 Å². The quantitative estimate of drug-likeness (QED) is 0.878. The molecule has 4 nitrogen and oxygen atoms in total. The maximum atomic E-state index is 11.2. The van der Waals surface area contributed by atoms with Gasteiger partial charge in [-0.25, -0.2) is 4.79 Å². The van der Waals surface area contributed by atoms with Crippen LogP contribution in [-0.2, 0) is 0 Å². The summed E-state index contributed by atoms with van der Waals surface area (Å²) in [6.07, 6.45) is -0.519. The van der Waals surface area contributed by atoms with Crippen LogP contribution in [0.5, 0.6) is 0 Å². The molecule has 0 bridgehead atoms. The fraction of sp³-hybridized carbons (Fsp3) is 0.462. The first-order valence-corrected chi connectivity index (χ1v) is 6.81. The van der Waals surface area contributed by atoms with E-state index < -0.39 is 18.2 Å². The van der Waals surface area contributed by atoms with Gasteiger partial charge in [-0.3, -0.25) is 4.90 Å². The van der Waals surface area contributed by atoms with Gasteiger partial charge in [-0.15, -0.1) is 0 Å². The molecule has 19 heavy (non-hydrogen) atoms. The van der Waals surface area contributed by atoms with Gasteiger partial charge in [-0.05, 0) is 37.5 Å². The summed E-state index contributed by atoms with van der Waals surface area (Å²) in [5.74, 6) is 0. The van der Waals surface area contributed by atoms with Gasteiger partial charge in [0.25, 0.3) is 0 Å². The van der Waals surface area contributed by atoms with Crippen molar-refractivity contribution in [1.29, 1.82) is 0 Å². The predicted molar refractivity (Wildman–Crippen MR) is 73.8 cm³/mol. The number of aliphatic hydroxyl groups excluding tert-OH is 1. The molecular formula is C13H15Cl2NO3. The fourth-order valence-corrected chi connectivity index (χ4v) is 2.88. The lowest BCUT2D eigenvalue weighted by Gasteiger charge is -2.29. The van der Waals surface area contributed by atoms with Crippen molar-refractivity contribution >= 4 is 29.3 Å². The van der Waals surface area contributed by atoms with Gasteiger partial charge < -0.3 is 10.2 Å². The third kappa shape index (κ3) is 2.81. The number of benzene rings is 1. The summed E-state index contributed by atoms with van der Waals surface area (Å²) in [7, 11) is 0. The summed E-state index contributed by atoms with van der Waals surface area (Å²) < 4.78 is 0. The molecule has 1 heterocycles. The second-order valence-electron chi connectivity index (χ2n) is 4.80. The molecule has 1 aliphatic heterocycles. The number of rotatable bonds is 2. The number of hydrogen-bond acceptors (Lipinski definition) is 2. The summed E-state index contributed by atoms with van der Waals surface area (Å²) in [6, 6.07) is 4.33. The maximum absolute atomic E-state index is 11.2. The maximum Gasteiger partial charge on any atom is 0.407 e. The Morgan fingerprint density at radius 3 is 2.63 bits per heavy atom.